The van der Waals surface area contributed by atoms with Crippen LogP contribution in [0.3, 0.4) is 0 Å². The van der Waals surface area contributed by atoms with Crippen LogP contribution in [0.2, 0.25) is 5.02 Å². The van der Waals surface area contributed by atoms with Gasteiger partial charge in [-0.3, -0.25) is 19.6 Å². The minimum absolute atomic E-state index is 0.209. The Morgan fingerprint density at radius 3 is 2.56 bits per heavy atom. The van der Waals surface area contributed by atoms with Gasteiger partial charge in [0.2, 0.25) is 11.5 Å². The van der Waals surface area contributed by atoms with Crippen molar-refractivity contribution < 1.29 is 19.2 Å². The number of benzene rings is 2. The zero-order chi connectivity index (χ0) is 23.4. The largest absolute Gasteiger partial charge is 0.496 e. The summed E-state index contributed by atoms with van der Waals surface area (Å²) in [6.07, 6.45) is 4.03. The van der Waals surface area contributed by atoms with Crippen LogP contribution in [0.25, 0.3) is 6.08 Å². The molecule has 0 spiro atoms. The zero-order valence-corrected chi connectivity index (χ0v) is 18.8. The SMILES string of the molecule is COc1ccc(/C=C/C(=O)c2nn(C)cc2[N+](=O)[O-])cc1COc1cc(C)c(Cl)c(C)c1. The van der Waals surface area contributed by atoms with Gasteiger partial charge in [-0.25, -0.2) is 0 Å². The molecule has 0 bridgehead atoms. The highest BCUT2D eigenvalue weighted by Gasteiger charge is 2.23. The summed E-state index contributed by atoms with van der Waals surface area (Å²) in [5.41, 5.74) is 2.79. The van der Waals surface area contributed by atoms with E-state index >= 15 is 0 Å². The summed E-state index contributed by atoms with van der Waals surface area (Å²) in [4.78, 5) is 22.9. The maximum atomic E-state index is 12.4. The minimum atomic E-state index is -0.628. The summed E-state index contributed by atoms with van der Waals surface area (Å²) in [7, 11) is 3.08. The second kappa shape index (κ2) is 9.65. The van der Waals surface area contributed by atoms with E-state index in [9.17, 15) is 14.9 Å². The van der Waals surface area contributed by atoms with Crippen molar-refractivity contribution in [3.05, 3.63) is 85.7 Å². The highest BCUT2D eigenvalue weighted by Crippen LogP contribution is 2.28. The van der Waals surface area contributed by atoms with Gasteiger partial charge in [0.25, 0.3) is 0 Å². The fraction of sp³-hybridized carbons (Fsp3) is 0.217. The van der Waals surface area contributed by atoms with Crippen molar-refractivity contribution in [2.75, 3.05) is 7.11 Å². The number of halogens is 1. The molecule has 0 radical (unpaired) electrons. The van der Waals surface area contributed by atoms with Crippen LogP contribution in [0.4, 0.5) is 5.69 Å². The molecule has 0 atom stereocenters. The lowest BCUT2D eigenvalue weighted by Crippen LogP contribution is -2.01. The molecule has 0 aliphatic heterocycles. The van der Waals surface area contributed by atoms with E-state index in [1.54, 1.807) is 25.3 Å². The van der Waals surface area contributed by atoms with E-state index in [4.69, 9.17) is 21.1 Å². The third kappa shape index (κ3) is 5.15. The van der Waals surface area contributed by atoms with Gasteiger partial charge in [-0.1, -0.05) is 23.7 Å². The first-order valence-corrected chi connectivity index (χ1v) is 10.0. The third-order valence-corrected chi connectivity index (χ3v) is 5.37. The molecule has 32 heavy (non-hydrogen) atoms. The predicted octanol–water partition coefficient (Wildman–Crippen LogP) is 5.08. The highest BCUT2D eigenvalue weighted by molar-refractivity contribution is 6.32. The van der Waals surface area contributed by atoms with E-state index in [2.05, 4.69) is 5.10 Å². The number of hydrogen-bond donors (Lipinski definition) is 0. The number of hydrogen-bond acceptors (Lipinski definition) is 6. The Morgan fingerprint density at radius 1 is 1.25 bits per heavy atom. The van der Waals surface area contributed by atoms with Crippen molar-refractivity contribution in [3.8, 4) is 11.5 Å². The fourth-order valence-corrected chi connectivity index (χ4v) is 3.31. The molecule has 0 saturated carbocycles. The van der Waals surface area contributed by atoms with Crippen molar-refractivity contribution in [1.82, 2.24) is 9.78 Å². The van der Waals surface area contributed by atoms with Crippen LogP contribution in [0, 0.1) is 24.0 Å². The molecule has 166 valence electrons. The predicted molar refractivity (Wildman–Crippen MR) is 121 cm³/mol. The number of aryl methyl sites for hydroxylation is 3. The summed E-state index contributed by atoms with van der Waals surface area (Å²) in [6, 6.07) is 9.10. The number of carbonyl (C=O) groups is 1. The maximum Gasteiger partial charge on any atom is 0.318 e. The van der Waals surface area contributed by atoms with Crippen LogP contribution in [0.5, 0.6) is 11.5 Å². The van der Waals surface area contributed by atoms with Gasteiger partial charge in [0.15, 0.2) is 0 Å². The minimum Gasteiger partial charge on any atom is -0.496 e. The number of ketones is 1. The molecule has 0 aliphatic rings. The lowest BCUT2D eigenvalue weighted by Gasteiger charge is -2.13. The molecule has 0 N–H and O–H groups in total. The first-order valence-electron chi connectivity index (χ1n) is 9.66. The van der Waals surface area contributed by atoms with E-state index in [1.807, 2.05) is 32.0 Å². The monoisotopic (exact) mass is 455 g/mol. The number of aromatic nitrogens is 2. The van der Waals surface area contributed by atoms with Gasteiger partial charge in [0, 0.05) is 17.6 Å². The van der Waals surface area contributed by atoms with Crippen molar-refractivity contribution in [3.63, 3.8) is 0 Å². The fourth-order valence-electron chi connectivity index (χ4n) is 3.20. The average Bonchev–Trinajstić information content (AvgIpc) is 3.16. The molecule has 0 amide bonds. The molecule has 0 saturated heterocycles. The Kier molecular flexibility index (Phi) is 6.95. The summed E-state index contributed by atoms with van der Waals surface area (Å²) in [6.45, 7) is 4.07. The van der Waals surface area contributed by atoms with Crippen LogP contribution in [-0.2, 0) is 13.7 Å². The number of ether oxygens (including phenoxy) is 2. The summed E-state index contributed by atoms with van der Waals surface area (Å²) < 4.78 is 12.6. The number of carbonyl (C=O) groups excluding carboxylic acids is 1. The van der Waals surface area contributed by atoms with E-state index < -0.39 is 10.7 Å². The van der Waals surface area contributed by atoms with Crippen molar-refractivity contribution in [2.45, 2.75) is 20.5 Å². The van der Waals surface area contributed by atoms with Gasteiger partial charge in [-0.05, 0) is 60.9 Å². The maximum absolute atomic E-state index is 12.4. The molecule has 1 heterocycles. The first-order chi connectivity index (χ1) is 15.2. The Balaban J connectivity index is 1.80. The Hall–Kier alpha value is -3.65. The molecule has 9 heteroatoms. The second-order valence-corrected chi connectivity index (χ2v) is 7.60. The highest BCUT2D eigenvalue weighted by atomic mass is 35.5. The Labute approximate surface area is 190 Å². The number of methoxy groups -OCH3 is 1. The van der Waals surface area contributed by atoms with Gasteiger partial charge < -0.3 is 9.47 Å². The zero-order valence-electron chi connectivity index (χ0n) is 18.1. The van der Waals surface area contributed by atoms with E-state index in [-0.39, 0.29) is 18.0 Å². The van der Waals surface area contributed by atoms with Gasteiger partial charge in [0.05, 0.1) is 12.0 Å². The van der Waals surface area contributed by atoms with Gasteiger partial charge in [-0.15, -0.1) is 0 Å². The molecule has 3 aromatic rings. The smallest absolute Gasteiger partial charge is 0.318 e. The van der Waals surface area contributed by atoms with Crippen LogP contribution in [0.15, 0.2) is 42.6 Å². The standard InChI is InChI=1S/C23H22ClN3O5/c1-14-9-18(10-15(2)22(14)24)32-13-17-11-16(6-8-21(17)31-4)5-7-20(28)23-19(27(29)30)12-26(3)25-23/h5-12H,13H2,1-4H3/b7-5+. The topological polar surface area (TPSA) is 96.5 Å². The van der Waals surface area contributed by atoms with Crippen LogP contribution in [0.1, 0.15) is 32.7 Å². The van der Waals surface area contributed by atoms with Crippen molar-refractivity contribution >= 4 is 29.1 Å². The van der Waals surface area contributed by atoms with Crippen LogP contribution < -0.4 is 9.47 Å². The van der Waals surface area contributed by atoms with Gasteiger partial charge in [-0.2, -0.15) is 5.10 Å². The Morgan fingerprint density at radius 2 is 1.94 bits per heavy atom. The second-order valence-electron chi connectivity index (χ2n) is 7.22. The van der Waals surface area contributed by atoms with Crippen LogP contribution >= 0.6 is 11.6 Å². The van der Waals surface area contributed by atoms with Crippen LogP contribution in [-0.4, -0.2) is 27.6 Å². The van der Waals surface area contributed by atoms with E-state index in [0.29, 0.717) is 22.1 Å². The molecule has 3 rings (SSSR count). The first kappa shape index (κ1) is 23.0. The molecular formula is C23H22ClN3O5. The average molecular weight is 456 g/mol. The number of rotatable bonds is 8. The molecule has 0 fully saturated rings. The lowest BCUT2D eigenvalue weighted by atomic mass is 10.1. The number of nitro groups is 1. The van der Waals surface area contributed by atoms with Crippen molar-refractivity contribution in [2.24, 2.45) is 7.05 Å². The number of nitrogens with zero attached hydrogens (tertiary/aromatic N) is 3. The molecule has 2 aromatic carbocycles. The third-order valence-electron chi connectivity index (χ3n) is 4.78. The Bertz CT molecular complexity index is 1190. The van der Waals surface area contributed by atoms with E-state index in [1.165, 1.54) is 24.0 Å². The molecule has 8 nitrogen and oxygen atoms in total. The molecular weight excluding hydrogens is 434 g/mol. The summed E-state index contributed by atoms with van der Waals surface area (Å²) in [5.74, 6) is 0.763. The number of allylic oxidation sites excluding steroid dienone is 1. The molecule has 1 aromatic heterocycles. The summed E-state index contributed by atoms with van der Waals surface area (Å²) in [5, 5.41) is 15.7. The van der Waals surface area contributed by atoms with E-state index in [0.717, 1.165) is 16.7 Å². The quantitative estimate of drug-likeness (QED) is 0.203. The molecule has 0 unspecified atom stereocenters. The molecule has 0 aliphatic carbocycles. The summed E-state index contributed by atoms with van der Waals surface area (Å²) >= 11 is 6.21. The van der Waals surface area contributed by atoms with Gasteiger partial charge >= 0.3 is 5.69 Å². The normalized spacial score (nSPS) is 11.0. The van der Waals surface area contributed by atoms with Crippen molar-refractivity contribution in [1.29, 1.82) is 0 Å². The van der Waals surface area contributed by atoms with Gasteiger partial charge in [0.1, 0.15) is 24.3 Å². The lowest BCUT2D eigenvalue weighted by molar-refractivity contribution is -0.385.